The van der Waals surface area contributed by atoms with Gasteiger partial charge >= 0.3 is 10.4 Å². The van der Waals surface area contributed by atoms with Crippen LogP contribution in [0, 0.1) is 0 Å². The summed E-state index contributed by atoms with van der Waals surface area (Å²) in [5.74, 6) is -1.24. The maximum Gasteiger partial charge on any atom is 0.400 e. The molecular weight excluding hydrogens is 296 g/mol. The minimum atomic E-state index is -4.32. The summed E-state index contributed by atoms with van der Waals surface area (Å²) in [6, 6.07) is 0. The van der Waals surface area contributed by atoms with Crippen molar-refractivity contribution in [1.29, 1.82) is 0 Å². The lowest BCUT2D eigenvalue weighted by atomic mass is 10.3. The lowest BCUT2D eigenvalue weighted by molar-refractivity contribution is 0.191. The highest BCUT2D eigenvalue weighted by atomic mass is 32.3. The predicted molar refractivity (Wildman–Crippen MR) is 58.1 cm³/mol. The first kappa shape index (κ1) is 14.8. The molecule has 0 aromatic rings. The second-order valence-electron chi connectivity index (χ2n) is 3.86. The number of hydrogen-bond acceptors (Lipinski definition) is 8. The Bertz CT molecular complexity index is 535. The van der Waals surface area contributed by atoms with Crippen molar-refractivity contribution < 1.29 is 33.6 Å². The Kier molecular flexibility index (Phi) is 3.89. The Morgan fingerprint density at radius 3 is 1.41 bits per heavy atom. The van der Waals surface area contributed by atoms with Crippen LogP contribution >= 0.6 is 0 Å². The van der Waals surface area contributed by atoms with E-state index in [-0.39, 0.29) is 0 Å². The van der Waals surface area contributed by atoms with Gasteiger partial charge in [0.05, 0.1) is 11.5 Å². The molecule has 0 N–H and O–H groups in total. The molecule has 2 unspecified atom stereocenters. The zero-order chi connectivity index (χ0) is 13.5. The van der Waals surface area contributed by atoms with Crippen molar-refractivity contribution in [1.82, 2.24) is 0 Å². The summed E-state index contributed by atoms with van der Waals surface area (Å²) in [5, 5.41) is 0. The van der Waals surface area contributed by atoms with Gasteiger partial charge in [-0.15, -0.1) is 0 Å². The average Bonchev–Trinajstić information content (AvgIpc) is 2.17. The minimum Gasteiger partial charge on any atom is -0.241 e. The molecule has 1 aliphatic heterocycles. The molecule has 0 aromatic carbocycles. The molecule has 8 nitrogen and oxygen atoms in total. The van der Waals surface area contributed by atoms with Crippen molar-refractivity contribution in [3.63, 3.8) is 0 Å². The van der Waals surface area contributed by atoms with Gasteiger partial charge in [0, 0.05) is 12.5 Å². The van der Waals surface area contributed by atoms with Gasteiger partial charge in [0.25, 0.3) is 0 Å². The van der Waals surface area contributed by atoms with Gasteiger partial charge in [-0.2, -0.15) is 8.42 Å². The predicted octanol–water partition coefficient (Wildman–Crippen LogP) is -1.90. The second kappa shape index (κ2) is 4.46. The Labute approximate surface area is 100 Å². The van der Waals surface area contributed by atoms with Crippen LogP contribution in [0.5, 0.6) is 0 Å². The highest BCUT2D eigenvalue weighted by Gasteiger charge is 2.43. The monoisotopic (exact) mass is 308 g/mol. The van der Waals surface area contributed by atoms with E-state index in [0.717, 1.165) is 12.5 Å². The SMILES string of the molecule is CS(=O)(=O)CC1OS(=O)(=O)OC1CS(C)(=O)=O. The van der Waals surface area contributed by atoms with Crippen LogP contribution in [0.3, 0.4) is 0 Å². The highest BCUT2D eigenvalue weighted by molar-refractivity contribution is 7.91. The molecule has 1 aliphatic rings. The molecule has 1 heterocycles. The fraction of sp³-hybridized carbons (Fsp3) is 1.00. The topological polar surface area (TPSA) is 121 Å². The molecule has 1 saturated heterocycles. The number of rotatable bonds is 4. The molecule has 2 atom stereocenters. The number of hydrogen-bond donors (Lipinski definition) is 0. The van der Waals surface area contributed by atoms with Gasteiger partial charge < -0.3 is 0 Å². The van der Waals surface area contributed by atoms with Crippen molar-refractivity contribution in [3.8, 4) is 0 Å². The van der Waals surface area contributed by atoms with E-state index in [9.17, 15) is 25.3 Å². The lowest BCUT2D eigenvalue weighted by Crippen LogP contribution is -2.35. The largest absolute Gasteiger partial charge is 0.400 e. The third-order valence-corrected chi connectivity index (χ3v) is 4.67. The highest BCUT2D eigenvalue weighted by Crippen LogP contribution is 2.23. The molecule has 0 saturated carbocycles. The van der Waals surface area contributed by atoms with Gasteiger partial charge in [-0.3, -0.25) is 0 Å². The molecule has 17 heavy (non-hydrogen) atoms. The van der Waals surface area contributed by atoms with Gasteiger partial charge in [0.15, 0.2) is 0 Å². The molecule has 0 aromatic heterocycles. The van der Waals surface area contributed by atoms with Crippen LogP contribution in [-0.2, 0) is 38.4 Å². The summed E-state index contributed by atoms with van der Waals surface area (Å²) in [5.41, 5.74) is 0. The summed E-state index contributed by atoms with van der Waals surface area (Å²) in [7, 11) is -11.3. The summed E-state index contributed by atoms with van der Waals surface area (Å²) in [4.78, 5) is 0. The van der Waals surface area contributed by atoms with Gasteiger partial charge in [-0.25, -0.2) is 25.2 Å². The standard InChI is InChI=1S/C6H12O8S3/c1-15(7,8)3-5-6(4-16(2,9)10)14-17(11,12)13-5/h5-6H,3-4H2,1-2H3. The van der Waals surface area contributed by atoms with Crippen LogP contribution in [0.15, 0.2) is 0 Å². The molecule has 0 bridgehead atoms. The third-order valence-electron chi connectivity index (χ3n) is 1.83. The molecule has 0 spiro atoms. The maximum atomic E-state index is 11.0. The third kappa shape index (κ3) is 5.29. The van der Waals surface area contributed by atoms with Gasteiger partial charge in [0.2, 0.25) is 0 Å². The van der Waals surface area contributed by atoms with Crippen molar-refractivity contribution >= 4 is 30.1 Å². The van der Waals surface area contributed by atoms with Gasteiger partial charge in [0.1, 0.15) is 31.9 Å². The molecule has 0 radical (unpaired) electrons. The molecule has 1 fully saturated rings. The minimum absolute atomic E-state index is 0.619. The fourth-order valence-corrected chi connectivity index (χ4v) is 4.28. The van der Waals surface area contributed by atoms with Crippen molar-refractivity contribution in [2.24, 2.45) is 0 Å². The summed E-state index contributed by atoms with van der Waals surface area (Å²) >= 11 is 0. The van der Waals surface area contributed by atoms with Crippen LogP contribution < -0.4 is 0 Å². The second-order valence-corrected chi connectivity index (χ2v) is 9.43. The van der Waals surface area contributed by atoms with E-state index in [1.54, 1.807) is 0 Å². The fourth-order valence-electron chi connectivity index (χ4n) is 1.32. The lowest BCUT2D eigenvalue weighted by Gasteiger charge is -2.12. The van der Waals surface area contributed by atoms with Crippen LogP contribution in [0.1, 0.15) is 0 Å². The van der Waals surface area contributed by atoms with Gasteiger partial charge in [-0.1, -0.05) is 0 Å². The zero-order valence-electron chi connectivity index (χ0n) is 9.06. The van der Waals surface area contributed by atoms with Crippen molar-refractivity contribution in [2.45, 2.75) is 12.2 Å². The molecular formula is C6H12O8S3. The molecule has 0 aliphatic carbocycles. The smallest absolute Gasteiger partial charge is 0.241 e. The van der Waals surface area contributed by atoms with E-state index in [2.05, 4.69) is 8.37 Å². The first-order chi connectivity index (χ1) is 7.38. The Morgan fingerprint density at radius 2 is 1.18 bits per heavy atom. The summed E-state index contributed by atoms with van der Waals surface area (Å²) in [6.07, 6.45) is -0.883. The average molecular weight is 308 g/mol. The molecule has 102 valence electrons. The molecule has 11 heteroatoms. The van der Waals surface area contributed by atoms with Crippen LogP contribution in [0.4, 0.5) is 0 Å². The zero-order valence-corrected chi connectivity index (χ0v) is 11.5. The van der Waals surface area contributed by atoms with Crippen LogP contribution in [0.2, 0.25) is 0 Å². The van der Waals surface area contributed by atoms with E-state index < -0.39 is 53.8 Å². The first-order valence-electron chi connectivity index (χ1n) is 4.35. The van der Waals surface area contributed by atoms with E-state index in [1.165, 1.54) is 0 Å². The van der Waals surface area contributed by atoms with E-state index in [0.29, 0.717) is 0 Å². The van der Waals surface area contributed by atoms with E-state index in [4.69, 9.17) is 0 Å². The summed E-state index contributed by atoms with van der Waals surface area (Å²) < 4.78 is 74.9. The number of sulfone groups is 2. The normalized spacial score (nSPS) is 29.3. The molecule has 1 rings (SSSR count). The first-order valence-corrected chi connectivity index (χ1v) is 9.80. The van der Waals surface area contributed by atoms with Crippen molar-refractivity contribution in [3.05, 3.63) is 0 Å². The van der Waals surface area contributed by atoms with E-state index in [1.807, 2.05) is 0 Å². The quantitative estimate of drug-likeness (QED) is 0.590. The van der Waals surface area contributed by atoms with Crippen molar-refractivity contribution in [2.75, 3.05) is 24.0 Å². The Hall–Kier alpha value is -0.230. The Morgan fingerprint density at radius 1 is 0.882 bits per heavy atom. The Balaban J connectivity index is 2.94. The van der Waals surface area contributed by atoms with E-state index >= 15 is 0 Å². The van der Waals surface area contributed by atoms with Gasteiger partial charge in [-0.05, 0) is 0 Å². The molecule has 0 amide bonds. The van der Waals surface area contributed by atoms with Crippen LogP contribution in [0.25, 0.3) is 0 Å². The van der Waals surface area contributed by atoms with Crippen LogP contribution in [-0.4, -0.2) is 61.5 Å². The summed E-state index contributed by atoms with van der Waals surface area (Å²) in [6.45, 7) is 0. The maximum absolute atomic E-state index is 11.0.